The van der Waals surface area contributed by atoms with Crippen LogP contribution in [0.1, 0.15) is 40.5 Å². The molecule has 0 spiro atoms. The summed E-state index contributed by atoms with van der Waals surface area (Å²) in [6.07, 6.45) is 11.8. The largest absolute Gasteiger partial charge is 0.337 e. The predicted molar refractivity (Wildman–Crippen MR) is 163 cm³/mol. The molecule has 212 valence electrons. The van der Waals surface area contributed by atoms with Crippen LogP contribution < -0.4 is 5.32 Å². The molecule has 4 heterocycles. The number of carbonyl (C=O) groups excluding carboxylic acids is 1. The van der Waals surface area contributed by atoms with E-state index in [1.807, 2.05) is 52.5 Å². The molecule has 1 aliphatic carbocycles. The van der Waals surface area contributed by atoms with Crippen LogP contribution in [-0.2, 0) is 30.7 Å². The van der Waals surface area contributed by atoms with Crippen molar-refractivity contribution in [1.29, 1.82) is 0 Å². The highest BCUT2D eigenvalue weighted by Crippen LogP contribution is 2.38. The summed E-state index contributed by atoms with van der Waals surface area (Å²) in [5.41, 5.74) is 5.65. The highest BCUT2D eigenvalue weighted by Gasteiger charge is 2.36. The van der Waals surface area contributed by atoms with E-state index in [0.29, 0.717) is 26.2 Å². The van der Waals surface area contributed by atoms with Crippen molar-refractivity contribution in [2.75, 3.05) is 26.2 Å². The Morgan fingerprint density at radius 3 is 2.85 bits per heavy atom. The fourth-order valence-electron chi connectivity index (χ4n) is 5.99. The van der Waals surface area contributed by atoms with Crippen LogP contribution in [0.3, 0.4) is 0 Å². The topological polar surface area (TPSA) is 79.2 Å². The Morgan fingerprint density at radius 1 is 1.12 bits per heavy atom. The third kappa shape index (κ3) is 6.54. The summed E-state index contributed by atoms with van der Waals surface area (Å²) < 4.78 is 3.02. The first-order valence-electron chi connectivity index (χ1n) is 14.1. The Labute approximate surface area is 253 Å². The molecule has 1 aliphatic heterocycles. The first-order valence-corrected chi connectivity index (χ1v) is 15.3. The number of aromatic nitrogens is 4. The van der Waals surface area contributed by atoms with Crippen molar-refractivity contribution in [2.24, 2.45) is 0 Å². The van der Waals surface area contributed by atoms with E-state index in [0.717, 1.165) is 53.2 Å². The lowest BCUT2D eigenvalue weighted by Crippen LogP contribution is -2.58. The number of carbonyl (C=O) groups is 1. The van der Waals surface area contributed by atoms with Crippen LogP contribution >= 0.6 is 27.5 Å². The van der Waals surface area contributed by atoms with E-state index in [2.05, 4.69) is 54.3 Å². The van der Waals surface area contributed by atoms with E-state index >= 15 is 0 Å². The fraction of sp³-hybridized carbons (Fsp3) is 0.355. The molecule has 1 saturated heterocycles. The highest BCUT2D eigenvalue weighted by atomic mass is 79.9. The van der Waals surface area contributed by atoms with Gasteiger partial charge in [-0.2, -0.15) is 0 Å². The molecule has 4 aromatic rings. The fourth-order valence-corrected chi connectivity index (χ4v) is 6.57. The average molecular weight is 635 g/mol. The Bertz CT molecular complexity index is 1430. The van der Waals surface area contributed by atoms with E-state index < -0.39 is 0 Å². The Balaban J connectivity index is 1.26. The van der Waals surface area contributed by atoms with Gasteiger partial charge in [-0.3, -0.25) is 19.7 Å². The number of rotatable bonds is 8. The van der Waals surface area contributed by atoms with Gasteiger partial charge >= 0.3 is 0 Å². The Kier molecular flexibility index (Phi) is 8.76. The summed E-state index contributed by atoms with van der Waals surface area (Å²) >= 11 is 10.0. The van der Waals surface area contributed by atoms with Crippen LogP contribution in [0.15, 0.2) is 78.1 Å². The first-order chi connectivity index (χ1) is 20.0. The second kappa shape index (κ2) is 12.8. The molecule has 1 amide bonds. The maximum absolute atomic E-state index is 14.1. The third-order valence-electron chi connectivity index (χ3n) is 7.95. The second-order valence-corrected chi connectivity index (χ2v) is 12.0. The molecule has 6 rings (SSSR count). The van der Waals surface area contributed by atoms with Gasteiger partial charge in [-0.25, -0.2) is 4.98 Å². The summed E-state index contributed by atoms with van der Waals surface area (Å²) in [7, 11) is 0. The molecule has 1 aromatic carbocycles. The van der Waals surface area contributed by atoms with Gasteiger partial charge in [-0.05, 0) is 82.2 Å². The van der Waals surface area contributed by atoms with Crippen molar-refractivity contribution in [2.45, 2.75) is 44.4 Å². The zero-order chi connectivity index (χ0) is 28.2. The molecule has 0 saturated carbocycles. The van der Waals surface area contributed by atoms with Crippen molar-refractivity contribution in [3.05, 3.63) is 111 Å². The highest BCUT2D eigenvalue weighted by molar-refractivity contribution is 9.10. The van der Waals surface area contributed by atoms with Crippen LogP contribution in [0.5, 0.6) is 0 Å². The van der Waals surface area contributed by atoms with Crippen molar-refractivity contribution >= 4 is 33.4 Å². The Morgan fingerprint density at radius 2 is 2.02 bits per heavy atom. The number of aryl methyl sites for hydroxylation is 3. The van der Waals surface area contributed by atoms with Gasteiger partial charge in [0.1, 0.15) is 0 Å². The maximum atomic E-state index is 14.1. The predicted octanol–water partition coefficient (Wildman–Crippen LogP) is 4.67. The lowest BCUT2D eigenvalue weighted by atomic mass is 9.95. The molecule has 0 radical (unpaired) electrons. The zero-order valence-corrected chi connectivity index (χ0v) is 25.1. The number of pyridine rings is 2. The number of nitrogens with one attached hydrogen (secondary N) is 1. The second-order valence-electron chi connectivity index (χ2n) is 10.7. The van der Waals surface area contributed by atoms with Gasteiger partial charge in [0.25, 0.3) is 0 Å². The number of amides is 1. The van der Waals surface area contributed by atoms with Gasteiger partial charge in [-0.15, -0.1) is 0 Å². The smallest absolute Gasteiger partial charge is 0.241 e. The molecular formula is C31H33BrClN7O. The van der Waals surface area contributed by atoms with Crippen molar-refractivity contribution in [3.8, 4) is 0 Å². The lowest BCUT2D eigenvalue weighted by molar-refractivity contribution is -0.135. The average Bonchev–Trinajstić information content (AvgIpc) is 3.46. The van der Waals surface area contributed by atoms with E-state index in [1.165, 1.54) is 16.7 Å². The molecule has 1 N–H and O–H groups in total. The number of halogens is 2. The zero-order valence-electron chi connectivity index (χ0n) is 22.8. The molecule has 0 bridgehead atoms. The molecule has 8 nitrogen and oxygen atoms in total. The number of fused-ring (bicyclic) bond motifs is 2. The lowest BCUT2D eigenvalue weighted by Gasteiger charge is -2.40. The molecule has 10 heteroatoms. The maximum Gasteiger partial charge on any atom is 0.241 e. The van der Waals surface area contributed by atoms with Gasteiger partial charge in [0, 0.05) is 67.0 Å². The number of hydrogen-bond donors (Lipinski definition) is 1. The summed E-state index contributed by atoms with van der Waals surface area (Å²) in [6, 6.07) is 13.8. The van der Waals surface area contributed by atoms with E-state index in [4.69, 9.17) is 16.6 Å². The van der Waals surface area contributed by atoms with Crippen LogP contribution in [0.2, 0.25) is 5.02 Å². The minimum absolute atomic E-state index is 0.0456. The number of benzene rings is 1. The summed E-state index contributed by atoms with van der Waals surface area (Å²) in [5.74, 6) is 0.0972. The molecule has 41 heavy (non-hydrogen) atoms. The standard InChI is InChI=1S/C31H33BrClN7O/c32-24-16-23-6-5-22-17-25(33)7-8-27(22)30(29(23)37-18-24)39-15-11-36-28(20-39)31(41)40(19-26-4-1-2-9-35-26)13-3-12-38-14-10-34-21-38/h1-2,4,7-10,14,16-18,21,28,30,36H,3,5-6,11-13,15,19-20H2/t28-,30?/m1/s1. The van der Waals surface area contributed by atoms with Gasteiger partial charge in [-0.1, -0.05) is 23.7 Å². The van der Waals surface area contributed by atoms with Gasteiger partial charge < -0.3 is 14.8 Å². The Hall–Kier alpha value is -3.11. The van der Waals surface area contributed by atoms with Gasteiger partial charge in [0.05, 0.1) is 36.3 Å². The monoisotopic (exact) mass is 633 g/mol. The van der Waals surface area contributed by atoms with Gasteiger partial charge in [0.15, 0.2) is 0 Å². The van der Waals surface area contributed by atoms with E-state index in [1.54, 1.807) is 12.4 Å². The van der Waals surface area contributed by atoms with Gasteiger partial charge in [0.2, 0.25) is 5.91 Å². The quantitative estimate of drug-likeness (QED) is 0.304. The van der Waals surface area contributed by atoms with Crippen LogP contribution in [-0.4, -0.2) is 67.4 Å². The van der Waals surface area contributed by atoms with Crippen molar-refractivity contribution < 1.29 is 4.79 Å². The summed E-state index contributed by atoms with van der Waals surface area (Å²) in [5, 5.41) is 4.27. The minimum atomic E-state index is -0.335. The molecule has 1 fully saturated rings. The first kappa shape index (κ1) is 28.0. The molecular weight excluding hydrogens is 602 g/mol. The molecule has 2 aliphatic rings. The van der Waals surface area contributed by atoms with Crippen LogP contribution in [0, 0.1) is 0 Å². The normalized spacial score (nSPS) is 18.8. The third-order valence-corrected chi connectivity index (χ3v) is 8.62. The molecule has 3 aromatic heterocycles. The number of hydrogen-bond acceptors (Lipinski definition) is 6. The van der Waals surface area contributed by atoms with Crippen LogP contribution in [0.4, 0.5) is 0 Å². The number of piperazine rings is 1. The molecule has 1 unspecified atom stereocenters. The number of imidazole rings is 1. The van der Waals surface area contributed by atoms with E-state index in [-0.39, 0.29) is 18.0 Å². The SMILES string of the molecule is O=C([C@H]1CN(C2c3ccc(Cl)cc3CCc3cc(Br)cnc32)CCN1)N(CCCn1ccnc1)Cc1ccccn1. The van der Waals surface area contributed by atoms with Crippen molar-refractivity contribution in [3.63, 3.8) is 0 Å². The minimum Gasteiger partial charge on any atom is -0.337 e. The van der Waals surface area contributed by atoms with Crippen LogP contribution in [0.25, 0.3) is 0 Å². The van der Waals surface area contributed by atoms with Crippen molar-refractivity contribution in [1.82, 2.24) is 34.6 Å². The summed E-state index contributed by atoms with van der Waals surface area (Å²) in [6.45, 7) is 4.03. The summed E-state index contributed by atoms with van der Waals surface area (Å²) in [4.78, 5) is 32.1. The number of nitrogens with zero attached hydrogens (tertiary/aromatic N) is 6. The molecule has 2 atom stereocenters. The van der Waals surface area contributed by atoms with E-state index in [9.17, 15) is 4.79 Å².